The first-order valence-corrected chi connectivity index (χ1v) is 10.5. The van der Waals surface area contributed by atoms with E-state index in [0.29, 0.717) is 0 Å². The molecule has 0 amide bonds. The van der Waals surface area contributed by atoms with E-state index >= 15 is 0 Å². The minimum absolute atomic E-state index is 0. The van der Waals surface area contributed by atoms with Crippen molar-refractivity contribution in [1.29, 1.82) is 0 Å². The van der Waals surface area contributed by atoms with Crippen LogP contribution in [0, 0.1) is 46.0 Å². The number of rotatable bonds is 2. The zero-order valence-electron chi connectivity index (χ0n) is 24.4. The van der Waals surface area contributed by atoms with Gasteiger partial charge in [0.05, 0.1) is 0 Å². The Morgan fingerprint density at radius 1 is 0.412 bits per heavy atom. The summed E-state index contributed by atoms with van der Waals surface area (Å²) in [6.07, 6.45) is 13.6. The maximum absolute atomic E-state index is 3.49. The van der Waals surface area contributed by atoms with Crippen molar-refractivity contribution in [2.75, 3.05) is 0 Å². The smallest absolute Gasteiger partial charge is 0 e. The van der Waals surface area contributed by atoms with Gasteiger partial charge in [-0.25, -0.2) is 0 Å². The molecule has 0 aliphatic heterocycles. The van der Waals surface area contributed by atoms with E-state index in [2.05, 4.69) is 121 Å². The third-order valence-corrected chi connectivity index (χ3v) is 3.88. The van der Waals surface area contributed by atoms with Crippen molar-refractivity contribution in [3.8, 4) is 0 Å². The number of allylic oxidation sites excluding steroid dienone is 8. The topological polar surface area (TPSA) is 0 Å². The van der Waals surface area contributed by atoms with Gasteiger partial charge in [-0.2, -0.15) is 0 Å². The molecule has 200 valence electrons. The predicted octanol–water partition coefficient (Wildman–Crippen LogP) is 9.14. The summed E-state index contributed by atoms with van der Waals surface area (Å²) in [7, 11) is 0. The molecule has 0 fully saturated rings. The van der Waals surface area contributed by atoms with Crippen molar-refractivity contribution < 1.29 is 126 Å². The van der Waals surface area contributed by atoms with Crippen LogP contribution < -0.4 is 0 Å². The molecule has 0 aromatic carbocycles. The van der Waals surface area contributed by atoms with Crippen molar-refractivity contribution in [2.45, 2.75) is 111 Å². The zero-order valence-corrected chi connectivity index (χ0v) is 42.0. The van der Waals surface area contributed by atoms with Gasteiger partial charge in [-0.05, 0) is 0 Å². The first-order valence-electron chi connectivity index (χ1n) is 10.5. The summed E-state index contributed by atoms with van der Waals surface area (Å²) in [5, 5.41) is 0. The van der Waals surface area contributed by atoms with Gasteiger partial charge in [0.2, 0.25) is 0 Å². The fourth-order valence-corrected chi connectivity index (χ4v) is 3.50. The Hall–Kier alpha value is 3.09. The van der Waals surface area contributed by atoms with Crippen molar-refractivity contribution in [3.05, 3.63) is 46.6 Å². The Kier molecular flexibility index (Phi) is 40.2. The van der Waals surface area contributed by atoms with E-state index in [1.165, 1.54) is 22.3 Å². The zero-order chi connectivity index (χ0) is 23.1. The Morgan fingerprint density at radius 3 is 0.676 bits per heavy atom. The summed E-state index contributed by atoms with van der Waals surface area (Å²) >= 11 is 0. The monoisotopic (exact) mass is 1490 g/mol. The summed E-state index contributed by atoms with van der Waals surface area (Å²) < 4.78 is 0. The minimum atomic E-state index is 0. The van der Waals surface area contributed by atoms with Crippen LogP contribution in [0.2, 0.25) is 0 Å². The third-order valence-electron chi connectivity index (χ3n) is 3.88. The maximum atomic E-state index is 3.49. The van der Waals surface area contributed by atoms with Crippen molar-refractivity contribution in [1.82, 2.24) is 0 Å². The van der Waals surface area contributed by atoms with Gasteiger partial charge in [-0.15, -0.1) is 49.4 Å². The van der Waals surface area contributed by atoms with Crippen LogP contribution in [-0.2, 0) is 126 Å². The largest absolute Gasteiger partial charge is 0.376 e. The molecule has 0 unspecified atom stereocenters. The van der Waals surface area contributed by atoms with Crippen LogP contribution in [-0.4, -0.2) is 0 Å². The van der Waals surface area contributed by atoms with Crippen LogP contribution in [0.4, 0.5) is 0 Å². The second-order valence-corrected chi connectivity index (χ2v) is 11.8. The van der Waals surface area contributed by atoms with Crippen LogP contribution in [0.3, 0.4) is 0 Å². The van der Waals surface area contributed by atoms with Crippen LogP contribution in [0.25, 0.3) is 0 Å². The van der Waals surface area contributed by atoms with E-state index in [0.717, 1.165) is 0 Å². The molecule has 34 heavy (non-hydrogen) atoms. The van der Waals surface area contributed by atoms with Gasteiger partial charge >= 0.3 is 0 Å². The van der Waals surface area contributed by atoms with E-state index in [-0.39, 0.29) is 148 Å². The van der Waals surface area contributed by atoms with E-state index in [1.54, 1.807) is 0 Å². The van der Waals surface area contributed by atoms with Crippen molar-refractivity contribution in [3.63, 3.8) is 0 Å². The minimum Gasteiger partial charge on any atom is -0.376 e. The molecular weight excluding hydrogens is 1440 g/mol. The van der Waals surface area contributed by atoms with Crippen LogP contribution in [0.1, 0.15) is 111 Å². The molecule has 0 atom stereocenters. The molecule has 0 spiro atoms. The van der Waals surface area contributed by atoms with Crippen LogP contribution >= 0.6 is 0 Å². The van der Waals surface area contributed by atoms with Gasteiger partial charge < -0.3 is 46.6 Å². The van der Waals surface area contributed by atoms with E-state index in [1.807, 2.05) is 13.8 Å². The summed E-state index contributed by atoms with van der Waals surface area (Å²) in [5.74, 6) is 0. The number of hydrogen-bond acceptors (Lipinski definition) is 0. The second kappa shape index (κ2) is 23.9. The summed E-state index contributed by atoms with van der Waals surface area (Å²) in [5.41, 5.74) is 5.57. The molecule has 0 rings (SSSR count). The average Bonchev–Trinajstić information content (AvgIpc) is 2.32. The molecule has 0 saturated heterocycles. The molecule has 0 aliphatic carbocycles. The number of hydrogen-bond donors (Lipinski definition) is 0. The SMILES string of the molecule is C[C-]=C(C(C)=[C-]C(C)(C)C)C(C)(C)C.C[C-]=C(C(C)=[C-]C(C)(C)C)C(C)(C)C.[W].[W].[W].[W].[W].[W]. The standard InChI is InChI=1S/2C14H24.6W/c2*1-9-12(14(6,7)8)11(2)10-13(3,4)5;;;;;;/h2*1-8H3;;;;;;/q2*-2;;;;;;. The second-order valence-electron chi connectivity index (χ2n) is 11.8. The molecule has 6 heteroatoms. The summed E-state index contributed by atoms with van der Waals surface area (Å²) in [6.45, 7) is 34.5. The molecule has 0 aromatic rings. The summed E-state index contributed by atoms with van der Waals surface area (Å²) in [6, 6.07) is 0. The van der Waals surface area contributed by atoms with E-state index < -0.39 is 0 Å². The van der Waals surface area contributed by atoms with E-state index in [4.69, 9.17) is 0 Å². The molecule has 0 aromatic heterocycles. The molecule has 0 bridgehead atoms. The van der Waals surface area contributed by atoms with Crippen LogP contribution in [0.15, 0.2) is 22.3 Å². The quantitative estimate of drug-likeness (QED) is 0.191. The normalized spacial score (nSPS) is 13.2. The molecule has 0 N–H and O–H groups in total. The van der Waals surface area contributed by atoms with Gasteiger partial charge in [0.1, 0.15) is 0 Å². The van der Waals surface area contributed by atoms with E-state index in [9.17, 15) is 0 Å². The molecule has 0 heterocycles. The fourth-order valence-electron chi connectivity index (χ4n) is 3.50. The molecule has 0 nitrogen and oxygen atoms in total. The Morgan fingerprint density at radius 2 is 0.588 bits per heavy atom. The third kappa shape index (κ3) is 29.6. The van der Waals surface area contributed by atoms with Gasteiger partial charge in [0, 0.05) is 126 Å². The fraction of sp³-hybridized carbons (Fsp3) is 0.714. The van der Waals surface area contributed by atoms with Gasteiger partial charge in [0.15, 0.2) is 0 Å². The maximum Gasteiger partial charge on any atom is 0 e. The van der Waals surface area contributed by atoms with Gasteiger partial charge in [-0.1, -0.05) is 83.1 Å². The van der Waals surface area contributed by atoms with Gasteiger partial charge in [-0.3, -0.25) is 0 Å². The van der Waals surface area contributed by atoms with Crippen LogP contribution in [0.5, 0.6) is 0 Å². The Balaban J connectivity index is -0.0000000563. The van der Waals surface area contributed by atoms with Crippen molar-refractivity contribution in [2.24, 2.45) is 21.7 Å². The molecule has 0 saturated carbocycles. The van der Waals surface area contributed by atoms with Crippen molar-refractivity contribution >= 4 is 0 Å². The predicted molar refractivity (Wildman–Crippen MR) is 128 cm³/mol. The summed E-state index contributed by atoms with van der Waals surface area (Å²) in [4.78, 5) is 0. The molecular formula is C28H48W6-4. The first kappa shape index (κ1) is 57.1. The molecule has 0 aliphatic rings. The Bertz CT molecular complexity index is 555. The first-order chi connectivity index (χ1) is 12.2. The Labute approximate surface area is 301 Å². The average molecular weight is 1490 g/mol. The van der Waals surface area contributed by atoms with Gasteiger partial charge in [0.25, 0.3) is 0 Å². The molecule has 0 radical (unpaired) electrons.